The van der Waals surface area contributed by atoms with Crippen molar-refractivity contribution in [1.82, 2.24) is 10.2 Å². The summed E-state index contributed by atoms with van der Waals surface area (Å²) < 4.78 is 5.49. The first-order chi connectivity index (χ1) is 9.69. The average Bonchev–Trinajstić information content (AvgIpc) is 2.90. The summed E-state index contributed by atoms with van der Waals surface area (Å²) in [6.45, 7) is 7.19. The van der Waals surface area contributed by atoms with Gasteiger partial charge in [0.05, 0.1) is 0 Å². The van der Waals surface area contributed by atoms with Crippen LogP contribution in [0, 0.1) is 6.92 Å². The van der Waals surface area contributed by atoms with Gasteiger partial charge < -0.3 is 10.1 Å². The molecule has 1 aliphatic rings. The van der Waals surface area contributed by atoms with E-state index in [1.165, 1.54) is 12.8 Å². The van der Waals surface area contributed by atoms with Gasteiger partial charge in [0.2, 0.25) is 0 Å². The average molecular weight is 276 g/mol. The topological polar surface area (TPSA) is 41.6 Å². The number of hydrogen-bond donors (Lipinski definition) is 1. The van der Waals surface area contributed by atoms with E-state index in [2.05, 4.69) is 17.1 Å². The summed E-state index contributed by atoms with van der Waals surface area (Å²) in [7, 11) is 0. The van der Waals surface area contributed by atoms with Crippen molar-refractivity contribution in [3.63, 3.8) is 0 Å². The highest BCUT2D eigenvalue weighted by atomic mass is 16.5. The van der Waals surface area contributed by atoms with Gasteiger partial charge in [0.25, 0.3) is 5.91 Å². The van der Waals surface area contributed by atoms with Crippen molar-refractivity contribution in [2.24, 2.45) is 0 Å². The molecule has 110 valence electrons. The lowest BCUT2D eigenvalue weighted by Gasteiger charge is -2.22. The number of carbonyl (C=O) groups excluding carboxylic acids is 1. The maximum atomic E-state index is 11.8. The molecule has 20 heavy (non-hydrogen) atoms. The first-order valence-electron chi connectivity index (χ1n) is 7.39. The number of ether oxygens (including phenoxy) is 1. The number of nitrogens with one attached hydrogen (secondary N) is 1. The zero-order valence-electron chi connectivity index (χ0n) is 12.4. The Hall–Kier alpha value is -1.55. The van der Waals surface area contributed by atoms with Crippen molar-refractivity contribution in [1.29, 1.82) is 0 Å². The highest BCUT2D eigenvalue weighted by Gasteiger charge is 2.23. The molecule has 1 aromatic rings. The summed E-state index contributed by atoms with van der Waals surface area (Å²) >= 11 is 0. The maximum Gasteiger partial charge on any atom is 0.257 e. The minimum absolute atomic E-state index is 0.0468. The quantitative estimate of drug-likeness (QED) is 0.864. The third-order valence-electron chi connectivity index (χ3n) is 3.80. The van der Waals surface area contributed by atoms with Crippen LogP contribution in [0.2, 0.25) is 0 Å². The van der Waals surface area contributed by atoms with Gasteiger partial charge in [-0.1, -0.05) is 19.1 Å². The number of amides is 1. The fraction of sp³-hybridized carbons (Fsp3) is 0.562. The second-order valence-electron chi connectivity index (χ2n) is 5.33. The monoisotopic (exact) mass is 276 g/mol. The molecule has 1 fully saturated rings. The second kappa shape index (κ2) is 7.29. The molecule has 1 saturated heterocycles. The third kappa shape index (κ3) is 4.23. The van der Waals surface area contributed by atoms with Gasteiger partial charge in [-0.15, -0.1) is 0 Å². The van der Waals surface area contributed by atoms with Crippen LogP contribution in [0.3, 0.4) is 0 Å². The number of likely N-dealkylation sites (N-methyl/N-ethyl adjacent to an activating group) is 1. The van der Waals surface area contributed by atoms with Crippen molar-refractivity contribution in [2.45, 2.75) is 32.7 Å². The van der Waals surface area contributed by atoms with Gasteiger partial charge in [0, 0.05) is 12.6 Å². The van der Waals surface area contributed by atoms with Gasteiger partial charge in [-0.25, -0.2) is 0 Å². The standard InChI is InChI=1S/C16H24N2O2/c1-3-18-9-5-7-14(18)11-17-16(19)12-20-15-8-4-6-13(2)10-15/h4,6,8,10,14H,3,5,7,9,11-12H2,1-2H3,(H,17,19)/t14-/m1/s1. The zero-order valence-corrected chi connectivity index (χ0v) is 12.4. The van der Waals surface area contributed by atoms with Crippen LogP contribution in [0.4, 0.5) is 0 Å². The molecule has 4 nitrogen and oxygen atoms in total. The zero-order chi connectivity index (χ0) is 14.4. The number of carbonyl (C=O) groups is 1. The predicted molar refractivity (Wildman–Crippen MR) is 80.0 cm³/mol. The summed E-state index contributed by atoms with van der Waals surface area (Å²) in [6, 6.07) is 8.23. The van der Waals surface area contributed by atoms with E-state index in [0.29, 0.717) is 6.04 Å². The molecule has 1 amide bonds. The molecule has 2 rings (SSSR count). The van der Waals surface area contributed by atoms with Gasteiger partial charge in [-0.2, -0.15) is 0 Å². The minimum Gasteiger partial charge on any atom is -0.484 e. The highest BCUT2D eigenvalue weighted by molar-refractivity contribution is 5.77. The van der Waals surface area contributed by atoms with E-state index in [9.17, 15) is 4.79 Å². The number of hydrogen-bond acceptors (Lipinski definition) is 3. The van der Waals surface area contributed by atoms with Crippen molar-refractivity contribution >= 4 is 5.91 Å². The van der Waals surface area contributed by atoms with Crippen LogP contribution in [0.15, 0.2) is 24.3 Å². The van der Waals surface area contributed by atoms with Crippen LogP contribution in [-0.4, -0.2) is 43.1 Å². The molecule has 0 aliphatic carbocycles. The molecule has 1 aliphatic heterocycles. The van der Waals surface area contributed by atoms with E-state index >= 15 is 0 Å². The molecule has 1 atom stereocenters. The van der Waals surface area contributed by atoms with Crippen LogP contribution in [0.25, 0.3) is 0 Å². The largest absolute Gasteiger partial charge is 0.484 e. The third-order valence-corrected chi connectivity index (χ3v) is 3.80. The number of likely N-dealkylation sites (tertiary alicyclic amines) is 1. The highest BCUT2D eigenvalue weighted by Crippen LogP contribution is 2.15. The molecule has 1 aromatic carbocycles. The van der Waals surface area contributed by atoms with Gasteiger partial charge in [0.15, 0.2) is 6.61 Å². The van der Waals surface area contributed by atoms with Gasteiger partial charge >= 0.3 is 0 Å². The Morgan fingerprint density at radius 2 is 2.35 bits per heavy atom. The molecular weight excluding hydrogens is 252 g/mol. The predicted octanol–water partition coefficient (Wildman–Crippen LogP) is 1.97. The molecule has 1 heterocycles. The molecule has 0 aromatic heterocycles. The number of aryl methyl sites for hydroxylation is 1. The Bertz CT molecular complexity index is 448. The van der Waals surface area contributed by atoms with Gasteiger partial charge in [-0.05, 0) is 50.6 Å². The van der Waals surface area contributed by atoms with E-state index < -0.39 is 0 Å². The Kier molecular flexibility index (Phi) is 5.41. The first-order valence-corrected chi connectivity index (χ1v) is 7.39. The minimum atomic E-state index is -0.0468. The van der Waals surface area contributed by atoms with E-state index in [1.807, 2.05) is 31.2 Å². The van der Waals surface area contributed by atoms with E-state index in [1.54, 1.807) is 0 Å². The summed E-state index contributed by atoms with van der Waals surface area (Å²) in [5.41, 5.74) is 1.13. The number of benzene rings is 1. The van der Waals surface area contributed by atoms with Crippen LogP contribution in [0.1, 0.15) is 25.3 Å². The summed E-state index contributed by atoms with van der Waals surface area (Å²) in [5.74, 6) is 0.700. The van der Waals surface area contributed by atoms with Crippen molar-refractivity contribution in [2.75, 3.05) is 26.2 Å². The lowest BCUT2D eigenvalue weighted by molar-refractivity contribution is -0.123. The summed E-state index contributed by atoms with van der Waals surface area (Å²) in [6.07, 6.45) is 2.40. The van der Waals surface area contributed by atoms with E-state index in [-0.39, 0.29) is 12.5 Å². The Morgan fingerprint density at radius 3 is 3.10 bits per heavy atom. The fourth-order valence-electron chi connectivity index (χ4n) is 2.68. The normalized spacial score (nSPS) is 19.0. The molecule has 4 heteroatoms. The van der Waals surface area contributed by atoms with Crippen molar-refractivity contribution in [3.8, 4) is 5.75 Å². The Morgan fingerprint density at radius 1 is 1.50 bits per heavy atom. The van der Waals surface area contributed by atoms with Crippen molar-refractivity contribution in [3.05, 3.63) is 29.8 Å². The van der Waals surface area contributed by atoms with Crippen LogP contribution < -0.4 is 10.1 Å². The molecule has 1 N–H and O–H groups in total. The van der Waals surface area contributed by atoms with Gasteiger partial charge in [-0.3, -0.25) is 9.69 Å². The second-order valence-corrected chi connectivity index (χ2v) is 5.33. The van der Waals surface area contributed by atoms with Crippen LogP contribution in [0.5, 0.6) is 5.75 Å². The van der Waals surface area contributed by atoms with Crippen LogP contribution >= 0.6 is 0 Å². The molecule has 0 radical (unpaired) electrons. The lowest BCUT2D eigenvalue weighted by atomic mass is 10.2. The molecular formula is C16H24N2O2. The maximum absolute atomic E-state index is 11.8. The first kappa shape index (κ1) is 14.9. The Balaban J connectivity index is 1.70. The van der Waals surface area contributed by atoms with Gasteiger partial charge in [0.1, 0.15) is 5.75 Å². The number of nitrogens with zero attached hydrogens (tertiary/aromatic N) is 1. The summed E-state index contributed by atoms with van der Waals surface area (Å²) in [5, 5.41) is 2.97. The molecule has 0 unspecified atom stereocenters. The van der Waals surface area contributed by atoms with Crippen molar-refractivity contribution < 1.29 is 9.53 Å². The van der Waals surface area contributed by atoms with E-state index in [4.69, 9.17) is 4.74 Å². The molecule has 0 saturated carbocycles. The number of rotatable bonds is 6. The summed E-state index contributed by atoms with van der Waals surface area (Å²) in [4.78, 5) is 14.2. The lowest BCUT2D eigenvalue weighted by Crippen LogP contribution is -2.41. The van der Waals surface area contributed by atoms with Crippen LogP contribution in [-0.2, 0) is 4.79 Å². The molecule has 0 spiro atoms. The molecule has 0 bridgehead atoms. The fourth-order valence-corrected chi connectivity index (χ4v) is 2.68. The SMILES string of the molecule is CCN1CCC[C@@H]1CNC(=O)COc1cccc(C)c1. The Labute approximate surface area is 121 Å². The smallest absolute Gasteiger partial charge is 0.257 e. The van der Waals surface area contributed by atoms with E-state index in [0.717, 1.165) is 30.9 Å².